The number of benzene rings is 2. The molecule has 114 valence electrons. The van der Waals surface area contributed by atoms with Gasteiger partial charge in [0.15, 0.2) is 0 Å². The van der Waals surface area contributed by atoms with Crippen LogP contribution < -0.4 is 19.9 Å². The van der Waals surface area contributed by atoms with Gasteiger partial charge in [-0.2, -0.15) is 0 Å². The van der Waals surface area contributed by atoms with Crippen molar-refractivity contribution in [1.29, 1.82) is 0 Å². The summed E-state index contributed by atoms with van der Waals surface area (Å²) in [6.45, 7) is -0.548. The Bertz CT molecular complexity index is 684. The van der Waals surface area contributed by atoms with E-state index in [1.807, 2.05) is 0 Å². The van der Waals surface area contributed by atoms with Gasteiger partial charge in [0.1, 0.15) is 18.1 Å². The molecule has 0 heterocycles. The summed E-state index contributed by atoms with van der Waals surface area (Å²) in [5.41, 5.74) is 0.934. The first-order chi connectivity index (χ1) is 10.6. The van der Waals surface area contributed by atoms with Gasteiger partial charge < -0.3 is 24.7 Å². The fourth-order valence-electron chi connectivity index (χ4n) is 1.77. The number of methoxy groups -OCH3 is 1. The predicted octanol–water partition coefficient (Wildman–Crippen LogP) is 1.08. The normalized spacial score (nSPS) is 9.86. The van der Waals surface area contributed by atoms with Crippen molar-refractivity contribution in [3.8, 4) is 11.5 Å². The van der Waals surface area contributed by atoms with E-state index in [0.717, 1.165) is 0 Å². The summed E-state index contributed by atoms with van der Waals surface area (Å²) in [4.78, 5) is 22.5. The van der Waals surface area contributed by atoms with E-state index < -0.39 is 12.6 Å². The van der Waals surface area contributed by atoms with Gasteiger partial charge in [0.2, 0.25) is 0 Å². The maximum absolute atomic E-state index is 12.1. The summed E-state index contributed by atoms with van der Waals surface area (Å²) < 4.78 is 10.1. The third kappa shape index (κ3) is 4.24. The summed E-state index contributed by atoms with van der Waals surface area (Å²) in [6.07, 6.45) is 0. The average Bonchev–Trinajstić information content (AvgIpc) is 2.53. The number of anilines is 1. The van der Waals surface area contributed by atoms with Crippen molar-refractivity contribution in [2.24, 2.45) is 0 Å². The van der Waals surface area contributed by atoms with Gasteiger partial charge in [0.25, 0.3) is 5.91 Å². The van der Waals surface area contributed by atoms with Crippen LogP contribution >= 0.6 is 0 Å². The Kier molecular flexibility index (Phi) is 4.98. The van der Waals surface area contributed by atoms with Crippen LogP contribution in [0.4, 0.5) is 5.69 Å². The number of carboxylic acid groups (broad SMARTS) is 1. The summed E-state index contributed by atoms with van der Waals surface area (Å²) in [6, 6.07) is 13.2. The number of hydrogen-bond donors (Lipinski definition) is 1. The first-order valence-corrected chi connectivity index (χ1v) is 6.46. The van der Waals surface area contributed by atoms with Gasteiger partial charge in [-0.25, -0.2) is 0 Å². The molecule has 1 N–H and O–H groups in total. The molecule has 1 amide bonds. The number of carbonyl (C=O) groups excluding carboxylic acids is 2. The molecular weight excluding hydrogens is 286 g/mol. The van der Waals surface area contributed by atoms with Crippen molar-refractivity contribution in [3.05, 3.63) is 54.1 Å². The predicted molar refractivity (Wildman–Crippen MR) is 77.9 cm³/mol. The number of nitrogens with one attached hydrogen (secondary N) is 1. The summed E-state index contributed by atoms with van der Waals surface area (Å²) in [7, 11) is 1.52. The minimum absolute atomic E-state index is 0.309. The molecule has 0 saturated carbocycles. The van der Waals surface area contributed by atoms with E-state index in [4.69, 9.17) is 9.47 Å². The van der Waals surface area contributed by atoms with Gasteiger partial charge in [0, 0.05) is 17.3 Å². The number of amides is 1. The van der Waals surface area contributed by atoms with E-state index in [2.05, 4.69) is 5.32 Å². The number of ether oxygens (including phenoxy) is 2. The Balaban J connectivity index is 2.07. The van der Waals surface area contributed by atoms with Crippen molar-refractivity contribution in [3.63, 3.8) is 0 Å². The fourth-order valence-corrected chi connectivity index (χ4v) is 1.77. The standard InChI is InChI=1S/C16H15NO5/c1-21-13-6-2-4-11(8-13)16(20)17-12-5-3-7-14(9-12)22-10-15(18)19/h2-9H,10H2,1H3,(H,17,20)(H,18,19)/p-1. The molecule has 0 atom stereocenters. The Morgan fingerprint density at radius 2 is 1.82 bits per heavy atom. The zero-order valence-electron chi connectivity index (χ0n) is 11.9. The molecule has 2 aromatic carbocycles. The summed E-state index contributed by atoms with van der Waals surface area (Å²) in [5, 5.41) is 13.1. The largest absolute Gasteiger partial charge is 0.546 e. The van der Waals surface area contributed by atoms with E-state index in [1.54, 1.807) is 42.5 Å². The third-order valence-electron chi connectivity index (χ3n) is 2.78. The van der Waals surface area contributed by atoms with E-state index in [-0.39, 0.29) is 5.91 Å². The van der Waals surface area contributed by atoms with Crippen LogP contribution in [-0.2, 0) is 4.79 Å². The van der Waals surface area contributed by atoms with E-state index in [0.29, 0.717) is 22.7 Å². The molecule has 0 spiro atoms. The third-order valence-corrected chi connectivity index (χ3v) is 2.78. The quantitative estimate of drug-likeness (QED) is 0.862. The maximum Gasteiger partial charge on any atom is 0.255 e. The highest BCUT2D eigenvalue weighted by molar-refractivity contribution is 6.04. The lowest BCUT2D eigenvalue weighted by atomic mass is 10.2. The van der Waals surface area contributed by atoms with Crippen molar-refractivity contribution >= 4 is 17.6 Å². The molecular formula is C16H14NO5-. The molecule has 6 heteroatoms. The van der Waals surface area contributed by atoms with Gasteiger partial charge in [-0.05, 0) is 30.3 Å². The Morgan fingerprint density at radius 1 is 1.09 bits per heavy atom. The molecule has 6 nitrogen and oxygen atoms in total. The monoisotopic (exact) mass is 300 g/mol. The smallest absolute Gasteiger partial charge is 0.255 e. The fraction of sp³-hybridized carbons (Fsp3) is 0.125. The Hall–Kier alpha value is -3.02. The van der Waals surface area contributed by atoms with Crippen LogP contribution in [0, 0.1) is 0 Å². The SMILES string of the molecule is COc1cccc(C(=O)Nc2cccc(OCC(=O)[O-])c2)c1. The molecule has 0 bridgehead atoms. The molecule has 22 heavy (non-hydrogen) atoms. The molecule has 0 saturated heterocycles. The first kappa shape index (κ1) is 15.4. The molecule has 0 aliphatic rings. The van der Waals surface area contributed by atoms with Crippen molar-refractivity contribution in [2.45, 2.75) is 0 Å². The summed E-state index contributed by atoms with van der Waals surface area (Å²) in [5.74, 6) is -0.715. The minimum atomic E-state index is -1.31. The highest BCUT2D eigenvalue weighted by atomic mass is 16.5. The Labute approximate surface area is 127 Å². The topological polar surface area (TPSA) is 87.7 Å². The van der Waals surface area contributed by atoms with Crippen molar-refractivity contribution in [2.75, 3.05) is 19.0 Å². The number of carbonyl (C=O) groups is 2. The van der Waals surface area contributed by atoms with Gasteiger partial charge >= 0.3 is 0 Å². The van der Waals surface area contributed by atoms with E-state index in [9.17, 15) is 14.7 Å². The van der Waals surface area contributed by atoms with Crippen LogP contribution in [-0.4, -0.2) is 25.6 Å². The lowest BCUT2D eigenvalue weighted by Crippen LogP contribution is -2.28. The molecule has 0 aliphatic carbocycles. The number of rotatable bonds is 6. The highest BCUT2D eigenvalue weighted by Crippen LogP contribution is 2.19. The molecule has 2 rings (SSSR count). The molecule has 0 radical (unpaired) electrons. The Morgan fingerprint density at radius 3 is 2.55 bits per heavy atom. The lowest BCUT2D eigenvalue weighted by molar-refractivity contribution is -0.307. The highest BCUT2D eigenvalue weighted by Gasteiger charge is 2.07. The van der Waals surface area contributed by atoms with Crippen molar-refractivity contribution < 1.29 is 24.2 Å². The zero-order chi connectivity index (χ0) is 15.9. The molecule has 2 aromatic rings. The molecule has 0 unspecified atom stereocenters. The van der Waals surface area contributed by atoms with E-state index >= 15 is 0 Å². The molecule has 0 aromatic heterocycles. The van der Waals surface area contributed by atoms with Crippen LogP contribution in [0.2, 0.25) is 0 Å². The second kappa shape index (κ2) is 7.12. The molecule has 0 fully saturated rings. The first-order valence-electron chi connectivity index (χ1n) is 6.46. The second-order valence-electron chi connectivity index (χ2n) is 4.37. The van der Waals surface area contributed by atoms with Crippen LogP contribution in [0.3, 0.4) is 0 Å². The number of carboxylic acids is 1. The average molecular weight is 300 g/mol. The van der Waals surface area contributed by atoms with Crippen LogP contribution in [0.1, 0.15) is 10.4 Å². The van der Waals surface area contributed by atoms with Crippen molar-refractivity contribution in [1.82, 2.24) is 0 Å². The van der Waals surface area contributed by atoms with E-state index in [1.165, 1.54) is 13.2 Å². The summed E-state index contributed by atoms with van der Waals surface area (Å²) >= 11 is 0. The van der Waals surface area contributed by atoms with Crippen LogP contribution in [0.15, 0.2) is 48.5 Å². The second-order valence-corrected chi connectivity index (χ2v) is 4.37. The van der Waals surface area contributed by atoms with Crippen LogP contribution in [0.5, 0.6) is 11.5 Å². The van der Waals surface area contributed by atoms with Gasteiger partial charge in [-0.1, -0.05) is 12.1 Å². The molecule has 0 aliphatic heterocycles. The minimum Gasteiger partial charge on any atom is -0.546 e. The van der Waals surface area contributed by atoms with Gasteiger partial charge in [-0.15, -0.1) is 0 Å². The number of aliphatic carboxylic acids is 1. The van der Waals surface area contributed by atoms with Gasteiger partial charge in [-0.3, -0.25) is 4.79 Å². The number of hydrogen-bond acceptors (Lipinski definition) is 5. The van der Waals surface area contributed by atoms with Gasteiger partial charge in [0.05, 0.1) is 13.1 Å². The van der Waals surface area contributed by atoms with Crippen LogP contribution in [0.25, 0.3) is 0 Å². The maximum atomic E-state index is 12.1. The lowest BCUT2D eigenvalue weighted by Gasteiger charge is -2.10. The zero-order valence-corrected chi connectivity index (χ0v) is 11.9.